The molecule has 6 heteroatoms. The van der Waals surface area contributed by atoms with Gasteiger partial charge in [-0.25, -0.2) is 0 Å². The van der Waals surface area contributed by atoms with Crippen molar-refractivity contribution in [1.29, 1.82) is 0 Å². The first-order valence-electron chi connectivity index (χ1n) is 9.79. The SMILES string of the molecule is CN=C(NCC1(C)CCCO1)NCC1(c2ccccc2C)CCOCC1.I. The number of halogens is 1. The van der Waals surface area contributed by atoms with Gasteiger partial charge in [0.25, 0.3) is 0 Å². The molecule has 27 heavy (non-hydrogen) atoms. The van der Waals surface area contributed by atoms with Crippen LogP contribution in [0.3, 0.4) is 0 Å². The molecular weight excluding hydrogens is 453 g/mol. The maximum atomic E-state index is 5.87. The van der Waals surface area contributed by atoms with Crippen molar-refractivity contribution >= 4 is 29.9 Å². The zero-order valence-electron chi connectivity index (χ0n) is 16.8. The van der Waals surface area contributed by atoms with E-state index < -0.39 is 0 Å². The lowest BCUT2D eigenvalue weighted by Gasteiger charge is -2.39. The van der Waals surface area contributed by atoms with Gasteiger partial charge in [-0.05, 0) is 50.7 Å². The monoisotopic (exact) mass is 487 g/mol. The lowest BCUT2D eigenvalue weighted by atomic mass is 9.72. The lowest BCUT2D eigenvalue weighted by Crippen LogP contribution is -2.50. The molecule has 1 aromatic rings. The number of guanidine groups is 1. The molecule has 1 aromatic carbocycles. The van der Waals surface area contributed by atoms with E-state index in [2.05, 4.69) is 53.7 Å². The molecule has 3 rings (SSSR count). The Morgan fingerprint density at radius 2 is 1.78 bits per heavy atom. The average Bonchev–Trinajstić information content (AvgIpc) is 3.10. The fourth-order valence-electron chi connectivity index (χ4n) is 4.19. The van der Waals surface area contributed by atoms with Gasteiger partial charge in [0.1, 0.15) is 0 Å². The second kappa shape index (κ2) is 10.1. The van der Waals surface area contributed by atoms with Gasteiger partial charge in [0.15, 0.2) is 5.96 Å². The largest absolute Gasteiger partial charge is 0.381 e. The molecule has 0 spiro atoms. The highest BCUT2D eigenvalue weighted by atomic mass is 127. The molecule has 152 valence electrons. The molecule has 2 heterocycles. The first kappa shape index (κ1) is 22.4. The van der Waals surface area contributed by atoms with Crippen molar-refractivity contribution in [2.24, 2.45) is 4.99 Å². The summed E-state index contributed by atoms with van der Waals surface area (Å²) in [5.74, 6) is 0.848. The predicted octanol–water partition coefficient (Wildman–Crippen LogP) is 3.40. The number of aryl methyl sites for hydroxylation is 1. The summed E-state index contributed by atoms with van der Waals surface area (Å²) in [6.07, 6.45) is 4.30. The first-order valence-corrected chi connectivity index (χ1v) is 9.79. The fourth-order valence-corrected chi connectivity index (χ4v) is 4.19. The van der Waals surface area contributed by atoms with Crippen molar-refractivity contribution < 1.29 is 9.47 Å². The standard InChI is InChI=1S/C21H33N3O2.HI/c1-17-7-4-5-8-18(17)21(10-13-25-14-11-21)16-24-19(22-3)23-15-20(2)9-6-12-26-20;/h4-5,7-8H,6,9-16H2,1-3H3,(H2,22,23,24);1H. The number of nitrogens with zero attached hydrogens (tertiary/aromatic N) is 1. The van der Waals surface area contributed by atoms with E-state index in [1.54, 1.807) is 0 Å². The third-order valence-corrected chi connectivity index (χ3v) is 5.91. The smallest absolute Gasteiger partial charge is 0.191 e. The first-order chi connectivity index (χ1) is 12.6. The van der Waals surface area contributed by atoms with E-state index in [0.29, 0.717) is 0 Å². The van der Waals surface area contributed by atoms with E-state index in [4.69, 9.17) is 9.47 Å². The van der Waals surface area contributed by atoms with Crippen LogP contribution in [0, 0.1) is 6.92 Å². The lowest BCUT2D eigenvalue weighted by molar-refractivity contribution is 0.0242. The van der Waals surface area contributed by atoms with Crippen LogP contribution in [0.1, 0.15) is 43.7 Å². The van der Waals surface area contributed by atoms with E-state index in [9.17, 15) is 0 Å². The summed E-state index contributed by atoms with van der Waals surface area (Å²) in [6, 6.07) is 8.73. The molecule has 5 nitrogen and oxygen atoms in total. The second-order valence-corrected chi connectivity index (χ2v) is 7.89. The van der Waals surface area contributed by atoms with Crippen LogP contribution < -0.4 is 10.6 Å². The maximum absolute atomic E-state index is 5.87. The van der Waals surface area contributed by atoms with Gasteiger partial charge in [-0.3, -0.25) is 4.99 Å². The van der Waals surface area contributed by atoms with Crippen LogP contribution in [0.15, 0.2) is 29.3 Å². The predicted molar refractivity (Wildman–Crippen MR) is 121 cm³/mol. The number of rotatable bonds is 5. The molecule has 2 aliphatic heterocycles. The maximum Gasteiger partial charge on any atom is 0.191 e. The Bertz CT molecular complexity index is 624. The number of nitrogens with one attached hydrogen (secondary N) is 2. The minimum absolute atomic E-state index is 0. The molecule has 0 radical (unpaired) electrons. The van der Waals surface area contributed by atoms with E-state index in [0.717, 1.165) is 64.6 Å². The van der Waals surface area contributed by atoms with Crippen molar-refractivity contribution in [2.45, 2.75) is 50.5 Å². The van der Waals surface area contributed by atoms with E-state index in [1.165, 1.54) is 11.1 Å². The summed E-state index contributed by atoms with van der Waals surface area (Å²) in [5.41, 5.74) is 2.79. The zero-order valence-corrected chi connectivity index (χ0v) is 19.2. The molecule has 0 bridgehead atoms. The highest BCUT2D eigenvalue weighted by molar-refractivity contribution is 14.0. The van der Waals surface area contributed by atoms with Crippen LogP contribution in [0.4, 0.5) is 0 Å². The van der Waals surface area contributed by atoms with Crippen molar-refractivity contribution in [2.75, 3.05) is 40.0 Å². The molecule has 2 aliphatic rings. The Morgan fingerprint density at radius 1 is 1.07 bits per heavy atom. The number of hydrogen-bond donors (Lipinski definition) is 2. The molecule has 0 aliphatic carbocycles. The second-order valence-electron chi connectivity index (χ2n) is 7.89. The Hall–Kier alpha value is -0.860. The zero-order chi connectivity index (χ0) is 18.5. The van der Waals surface area contributed by atoms with E-state index in [-0.39, 0.29) is 35.0 Å². The molecule has 2 N–H and O–H groups in total. The highest BCUT2D eigenvalue weighted by Gasteiger charge is 2.36. The third-order valence-electron chi connectivity index (χ3n) is 5.91. The molecule has 1 atom stereocenters. The van der Waals surface area contributed by atoms with Crippen LogP contribution in [0.25, 0.3) is 0 Å². The van der Waals surface area contributed by atoms with Gasteiger partial charge < -0.3 is 20.1 Å². The Balaban J connectivity index is 0.00000261. The van der Waals surface area contributed by atoms with Gasteiger partial charge in [-0.15, -0.1) is 24.0 Å². The summed E-state index contributed by atoms with van der Waals surface area (Å²) in [5, 5.41) is 7.03. The van der Waals surface area contributed by atoms with Gasteiger partial charge in [0, 0.05) is 45.4 Å². The number of ether oxygens (including phenoxy) is 2. The highest BCUT2D eigenvalue weighted by Crippen LogP contribution is 2.36. The molecule has 2 saturated heterocycles. The van der Waals surface area contributed by atoms with Gasteiger partial charge in [-0.1, -0.05) is 24.3 Å². The number of benzene rings is 1. The van der Waals surface area contributed by atoms with E-state index >= 15 is 0 Å². The summed E-state index contributed by atoms with van der Waals surface area (Å²) in [4.78, 5) is 4.42. The topological polar surface area (TPSA) is 54.9 Å². The third kappa shape index (κ3) is 5.57. The van der Waals surface area contributed by atoms with Gasteiger partial charge in [0.2, 0.25) is 0 Å². The van der Waals surface area contributed by atoms with Crippen LogP contribution in [0.5, 0.6) is 0 Å². The molecule has 2 fully saturated rings. The Morgan fingerprint density at radius 3 is 2.41 bits per heavy atom. The molecule has 0 saturated carbocycles. The molecule has 0 aromatic heterocycles. The summed E-state index contributed by atoms with van der Waals surface area (Å²) < 4.78 is 11.5. The van der Waals surface area contributed by atoms with Crippen LogP contribution >= 0.6 is 24.0 Å². The van der Waals surface area contributed by atoms with Crippen molar-refractivity contribution in [3.8, 4) is 0 Å². The molecular formula is C21H34IN3O2. The molecule has 1 unspecified atom stereocenters. The minimum Gasteiger partial charge on any atom is -0.381 e. The van der Waals surface area contributed by atoms with Crippen molar-refractivity contribution in [1.82, 2.24) is 10.6 Å². The van der Waals surface area contributed by atoms with Gasteiger partial charge in [0.05, 0.1) is 5.60 Å². The quantitative estimate of drug-likeness (QED) is 0.380. The Labute approximate surface area is 180 Å². The normalized spacial score (nSPS) is 24.9. The Kier molecular flexibility index (Phi) is 8.37. The van der Waals surface area contributed by atoms with E-state index in [1.807, 2.05) is 7.05 Å². The fraction of sp³-hybridized carbons (Fsp3) is 0.667. The van der Waals surface area contributed by atoms with Crippen molar-refractivity contribution in [3.05, 3.63) is 35.4 Å². The van der Waals surface area contributed by atoms with Gasteiger partial charge >= 0.3 is 0 Å². The minimum atomic E-state index is -0.0794. The van der Waals surface area contributed by atoms with Gasteiger partial charge in [-0.2, -0.15) is 0 Å². The van der Waals surface area contributed by atoms with Crippen molar-refractivity contribution in [3.63, 3.8) is 0 Å². The number of hydrogen-bond acceptors (Lipinski definition) is 3. The summed E-state index contributed by atoms with van der Waals surface area (Å²) >= 11 is 0. The van der Waals surface area contributed by atoms with Crippen LogP contribution in [-0.2, 0) is 14.9 Å². The number of aliphatic imine (C=N–C) groups is 1. The molecule has 0 amide bonds. The van der Waals surface area contributed by atoms with Crippen LogP contribution in [0.2, 0.25) is 0 Å². The average molecular weight is 487 g/mol. The van der Waals surface area contributed by atoms with Crippen LogP contribution in [-0.4, -0.2) is 51.5 Å². The summed E-state index contributed by atoms with van der Waals surface area (Å²) in [6.45, 7) is 8.51. The summed E-state index contributed by atoms with van der Waals surface area (Å²) in [7, 11) is 1.83.